The summed E-state index contributed by atoms with van der Waals surface area (Å²) in [4.78, 5) is 2.41. The van der Waals surface area contributed by atoms with E-state index in [9.17, 15) is 0 Å². The molecule has 100 valence electrons. The van der Waals surface area contributed by atoms with Crippen LogP contribution in [0.1, 0.15) is 48.5 Å². The Hall–Kier alpha value is -1.25. The molecule has 2 heterocycles. The molecule has 18 heavy (non-hydrogen) atoms. The lowest BCUT2D eigenvalue weighted by Crippen LogP contribution is -2.50. The molecular weight excluding hydrogens is 222 g/mol. The van der Waals surface area contributed by atoms with Crippen LogP contribution in [0.4, 0.5) is 0 Å². The fourth-order valence-corrected chi connectivity index (χ4v) is 2.55. The topological polar surface area (TPSA) is 18.8 Å². The van der Waals surface area contributed by atoms with Crippen LogP contribution in [0.25, 0.3) is 0 Å². The molecule has 0 amide bonds. The van der Waals surface area contributed by atoms with Crippen LogP contribution in [0.3, 0.4) is 0 Å². The summed E-state index contributed by atoms with van der Waals surface area (Å²) >= 11 is 0. The summed E-state index contributed by atoms with van der Waals surface area (Å²) in [5, 5.41) is 6.65. The van der Waals surface area contributed by atoms with Crippen molar-refractivity contribution in [2.24, 2.45) is 10.5 Å². The van der Waals surface area contributed by atoms with Crippen molar-refractivity contribution in [3.05, 3.63) is 23.5 Å². The number of nitrogens with zero attached hydrogens (tertiary/aromatic N) is 3. The molecule has 0 aliphatic carbocycles. The van der Waals surface area contributed by atoms with Gasteiger partial charge in [-0.3, -0.25) is 0 Å². The molecule has 0 fully saturated rings. The molecule has 0 saturated carbocycles. The summed E-state index contributed by atoms with van der Waals surface area (Å²) in [5.74, 6) is 0. The number of rotatable bonds is 0. The molecule has 0 aromatic rings. The van der Waals surface area contributed by atoms with E-state index in [2.05, 4.69) is 75.8 Å². The Balaban J connectivity index is 2.45. The highest BCUT2D eigenvalue weighted by molar-refractivity contribution is 5.74. The van der Waals surface area contributed by atoms with Crippen molar-refractivity contribution in [2.75, 3.05) is 0 Å². The summed E-state index contributed by atoms with van der Waals surface area (Å²) in [6.07, 6.45) is 6.55. The Morgan fingerprint density at radius 2 is 1.72 bits per heavy atom. The third-order valence-corrected chi connectivity index (χ3v) is 3.55. The Bertz CT molecular complexity index is 430. The fraction of sp³-hybridized carbons (Fsp3) is 0.667. The maximum atomic E-state index is 4.52. The average molecular weight is 247 g/mol. The lowest BCUT2D eigenvalue weighted by molar-refractivity contribution is 0.0860. The molecule has 3 heteroatoms. The van der Waals surface area contributed by atoms with E-state index in [1.165, 1.54) is 11.3 Å². The van der Waals surface area contributed by atoms with Crippen molar-refractivity contribution in [3.8, 4) is 0 Å². The van der Waals surface area contributed by atoms with Crippen LogP contribution in [0.2, 0.25) is 0 Å². The maximum Gasteiger partial charge on any atom is 0.146 e. The summed E-state index contributed by atoms with van der Waals surface area (Å²) in [6.45, 7) is 15.7. The molecule has 0 aromatic carbocycles. The lowest BCUT2D eigenvalue weighted by Gasteiger charge is -2.44. The first-order chi connectivity index (χ1) is 8.12. The van der Waals surface area contributed by atoms with E-state index in [0.29, 0.717) is 0 Å². The molecule has 0 aromatic heterocycles. The second-order valence-electron chi connectivity index (χ2n) is 7.20. The predicted molar refractivity (Wildman–Crippen MR) is 77.0 cm³/mol. The molecule has 1 atom stereocenters. The van der Waals surface area contributed by atoms with Crippen molar-refractivity contribution in [1.29, 1.82) is 0 Å². The van der Waals surface area contributed by atoms with Crippen LogP contribution in [-0.4, -0.2) is 27.8 Å². The van der Waals surface area contributed by atoms with Crippen molar-refractivity contribution in [2.45, 2.75) is 60.2 Å². The number of hydrogen-bond donors (Lipinski definition) is 0. The smallest absolute Gasteiger partial charge is 0.146 e. The summed E-state index contributed by atoms with van der Waals surface area (Å²) < 4.78 is 0. The van der Waals surface area contributed by atoms with Gasteiger partial charge in [0, 0.05) is 18.0 Å². The Labute approximate surface area is 111 Å². The zero-order valence-electron chi connectivity index (χ0n) is 12.7. The fourth-order valence-electron chi connectivity index (χ4n) is 2.55. The molecule has 0 saturated heterocycles. The normalized spacial score (nSPS) is 24.1. The monoisotopic (exact) mass is 247 g/mol. The van der Waals surface area contributed by atoms with Crippen LogP contribution >= 0.6 is 0 Å². The maximum absolute atomic E-state index is 4.52. The first kappa shape index (κ1) is 13.2. The standard InChI is InChI=1S/C15H25N3/c1-11-10-17(15(5,6)7)13-12(14(2,3)4)8-9-16-18(11)13/h8-10,13H,1-7H3. The van der Waals surface area contributed by atoms with Crippen LogP contribution in [0.15, 0.2) is 28.6 Å². The van der Waals surface area contributed by atoms with Gasteiger partial charge >= 0.3 is 0 Å². The van der Waals surface area contributed by atoms with E-state index in [-0.39, 0.29) is 17.1 Å². The molecule has 0 spiro atoms. The number of allylic oxidation sites excluding steroid dienone is 2. The largest absolute Gasteiger partial charge is 0.346 e. The van der Waals surface area contributed by atoms with E-state index in [0.717, 1.165) is 0 Å². The highest BCUT2D eigenvalue weighted by atomic mass is 15.6. The third-order valence-electron chi connectivity index (χ3n) is 3.55. The van der Waals surface area contributed by atoms with Gasteiger partial charge in [0.15, 0.2) is 0 Å². The predicted octanol–water partition coefficient (Wildman–Crippen LogP) is 3.56. The van der Waals surface area contributed by atoms with Crippen LogP contribution < -0.4 is 0 Å². The highest BCUT2D eigenvalue weighted by Crippen LogP contribution is 2.41. The van der Waals surface area contributed by atoms with Gasteiger partial charge in [-0.1, -0.05) is 20.8 Å². The first-order valence-corrected chi connectivity index (χ1v) is 6.63. The Morgan fingerprint density at radius 1 is 1.11 bits per heavy atom. The van der Waals surface area contributed by atoms with Crippen molar-refractivity contribution in [1.82, 2.24) is 9.91 Å². The zero-order chi connectivity index (χ0) is 13.7. The number of hydrogen-bond acceptors (Lipinski definition) is 3. The molecule has 3 nitrogen and oxygen atoms in total. The van der Waals surface area contributed by atoms with Gasteiger partial charge in [-0.25, -0.2) is 5.01 Å². The highest BCUT2D eigenvalue weighted by Gasteiger charge is 2.42. The van der Waals surface area contributed by atoms with Gasteiger partial charge in [0.25, 0.3) is 0 Å². The van der Waals surface area contributed by atoms with Crippen molar-refractivity contribution in [3.63, 3.8) is 0 Å². The van der Waals surface area contributed by atoms with Gasteiger partial charge in [-0.2, -0.15) is 5.10 Å². The van der Waals surface area contributed by atoms with E-state index in [4.69, 9.17) is 0 Å². The second kappa shape index (κ2) is 3.87. The van der Waals surface area contributed by atoms with Crippen LogP contribution in [0, 0.1) is 5.41 Å². The Kier molecular flexibility index (Phi) is 2.84. The molecule has 2 aliphatic rings. The molecule has 2 rings (SSSR count). The Morgan fingerprint density at radius 3 is 2.22 bits per heavy atom. The minimum Gasteiger partial charge on any atom is -0.346 e. The van der Waals surface area contributed by atoms with Gasteiger partial charge in [0.1, 0.15) is 6.17 Å². The van der Waals surface area contributed by atoms with Crippen molar-refractivity contribution < 1.29 is 0 Å². The average Bonchev–Trinajstić information content (AvgIpc) is 2.54. The molecule has 2 aliphatic heterocycles. The van der Waals surface area contributed by atoms with E-state index in [1.807, 2.05) is 6.21 Å². The first-order valence-electron chi connectivity index (χ1n) is 6.63. The number of hydrazone groups is 1. The summed E-state index contributed by atoms with van der Waals surface area (Å²) in [6, 6.07) is 0. The van der Waals surface area contributed by atoms with E-state index < -0.39 is 0 Å². The van der Waals surface area contributed by atoms with Gasteiger partial charge < -0.3 is 4.90 Å². The minimum atomic E-state index is 0.0951. The van der Waals surface area contributed by atoms with Crippen LogP contribution in [0.5, 0.6) is 0 Å². The molecule has 0 N–H and O–H groups in total. The molecule has 0 radical (unpaired) electrons. The molecular formula is C15H25N3. The SMILES string of the molecule is CC1=CN(C(C)(C)C)C2C(C(C)(C)C)=CC=NN12. The quantitative estimate of drug-likeness (QED) is 0.652. The third kappa shape index (κ3) is 2.06. The van der Waals surface area contributed by atoms with Gasteiger partial charge in [0.05, 0.1) is 5.70 Å². The van der Waals surface area contributed by atoms with Gasteiger partial charge in [-0.15, -0.1) is 0 Å². The molecule has 1 unspecified atom stereocenters. The lowest BCUT2D eigenvalue weighted by atomic mass is 9.82. The number of fused-ring (bicyclic) bond motifs is 1. The van der Waals surface area contributed by atoms with Gasteiger partial charge in [-0.05, 0) is 44.8 Å². The molecule has 0 bridgehead atoms. The van der Waals surface area contributed by atoms with Gasteiger partial charge in [0.2, 0.25) is 0 Å². The van der Waals surface area contributed by atoms with Crippen molar-refractivity contribution >= 4 is 6.21 Å². The second-order valence-corrected chi connectivity index (χ2v) is 7.20. The summed E-state index contributed by atoms with van der Waals surface area (Å²) in [5.41, 5.74) is 2.87. The summed E-state index contributed by atoms with van der Waals surface area (Å²) in [7, 11) is 0. The van der Waals surface area contributed by atoms with Crippen LogP contribution in [-0.2, 0) is 0 Å². The van der Waals surface area contributed by atoms with E-state index in [1.54, 1.807) is 0 Å². The van der Waals surface area contributed by atoms with E-state index >= 15 is 0 Å². The minimum absolute atomic E-state index is 0.0951. The zero-order valence-corrected chi connectivity index (χ0v) is 12.7.